The van der Waals surface area contributed by atoms with Crippen molar-refractivity contribution in [1.29, 1.82) is 0 Å². The van der Waals surface area contributed by atoms with Gasteiger partial charge in [0.2, 0.25) is 0 Å². The summed E-state index contributed by atoms with van der Waals surface area (Å²) >= 11 is 0. The predicted molar refractivity (Wildman–Crippen MR) is 106 cm³/mol. The lowest BCUT2D eigenvalue weighted by atomic mass is 9.99. The fraction of sp³-hybridized carbons (Fsp3) is 0.238. The summed E-state index contributed by atoms with van der Waals surface area (Å²) in [5.74, 6) is 1.62. The molecular formula is C21H24ClNO2. The molecule has 1 N–H and O–H groups in total. The number of fused-ring (bicyclic) bond motifs is 1. The number of nitrogens with one attached hydrogen (secondary N) is 1. The van der Waals surface area contributed by atoms with E-state index < -0.39 is 0 Å². The standard InChI is InChI=1S/C21H23NO2.ClH/c1-15(20-10-6-8-17-7-4-5-9-21(17)20)22-14-16-11-18(23-2)13-19(12-16)24-3;/h4-13,15,22H,14H2,1-3H3;1H. The van der Waals surface area contributed by atoms with Crippen molar-refractivity contribution in [2.24, 2.45) is 0 Å². The Bertz CT molecular complexity index is 807. The molecule has 3 aromatic rings. The summed E-state index contributed by atoms with van der Waals surface area (Å²) in [7, 11) is 3.34. The first-order valence-electron chi connectivity index (χ1n) is 8.14. The van der Waals surface area contributed by atoms with Crippen LogP contribution in [0.5, 0.6) is 11.5 Å². The maximum absolute atomic E-state index is 5.34. The van der Waals surface area contributed by atoms with E-state index in [1.807, 2.05) is 18.2 Å². The van der Waals surface area contributed by atoms with Gasteiger partial charge in [-0.05, 0) is 41.0 Å². The lowest BCUT2D eigenvalue weighted by molar-refractivity contribution is 0.393. The first-order chi connectivity index (χ1) is 11.7. The number of benzene rings is 3. The number of halogens is 1. The van der Waals surface area contributed by atoms with Crippen LogP contribution in [0, 0.1) is 0 Å². The Morgan fingerprint density at radius 2 is 1.52 bits per heavy atom. The zero-order chi connectivity index (χ0) is 16.9. The molecule has 0 aliphatic heterocycles. The van der Waals surface area contributed by atoms with Crippen LogP contribution in [-0.4, -0.2) is 14.2 Å². The highest BCUT2D eigenvalue weighted by atomic mass is 35.5. The third-order valence-corrected chi connectivity index (χ3v) is 4.31. The van der Waals surface area contributed by atoms with E-state index in [4.69, 9.17) is 9.47 Å². The molecule has 0 saturated carbocycles. The Morgan fingerprint density at radius 3 is 2.20 bits per heavy atom. The SMILES string of the molecule is COc1cc(CNC(C)c2cccc3ccccc23)cc(OC)c1.Cl. The number of methoxy groups -OCH3 is 2. The van der Waals surface area contributed by atoms with E-state index in [9.17, 15) is 0 Å². The largest absolute Gasteiger partial charge is 0.497 e. The topological polar surface area (TPSA) is 30.5 Å². The molecule has 0 bridgehead atoms. The Balaban J connectivity index is 0.00000225. The number of hydrogen-bond acceptors (Lipinski definition) is 3. The van der Waals surface area contributed by atoms with E-state index in [1.165, 1.54) is 16.3 Å². The fourth-order valence-electron chi connectivity index (χ4n) is 2.98. The highest BCUT2D eigenvalue weighted by Crippen LogP contribution is 2.26. The summed E-state index contributed by atoms with van der Waals surface area (Å²) in [6.45, 7) is 2.94. The number of hydrogen-bond donors (Lipinski definition) is 1. The summed E-state index contributed by atoms with van der Waals surface area (Å²) in [6.07, 6.45) is 0. The van der Waals surface area contributed by atoms with Crippen LogP contribution in [0.3, 0.4) is 0 Å². The minimum atomic E-state index is 0. The van der Waals surface area contributed by atoms with E-state index in [0.29, 0.717) is 0 Å². The van der Waals surface area contributed by atoms with Gasteiger partial charge in [-0.3, -0.25) is 0 Å². The van der Waals surface area contributed by atoms with Gasteiger partial charge in [-0.2, -0.15) is 0 Å². The molecule has 3 aromatic carbocycles. The fourth-order valence-corrected chi connectivity index (χ4v) is 2.98. The zero-order valence-electron chi connectivity index (χ0n) is 14.8. The minimum absolute atomic E-state index is 0. The summed E-state index contributed by atoms with van der Waals surface area (Å²) in [6, 6.07) is 21.1. The Morgan fingerprint density at radius 1 is 0.880 bits per heavy atom. The van der Waals surface area contributed by atoms with Crippen LogP contribution in [0.25, 0.3) is 10.8 Å². The first-order valence-corrected chi connectivity index (χ1v) is 8.14. The van der Waals surface area contributed by atoms with Crippen molar-refractivity contribution in [3.05, 3.63) is 71.8 Å². The molecule has 0 aromatic heterocycles. The predicted octanol–water partition coefficient (Wildman–Crippen LogP) is 5.13. The van der Waals surface area contributed by atoms with Crippen molar-refractivity contribution in [2.75, 3.05) is 14.2 Å². The molecule has 0 spiro atoms. The van der Waals surface area contributed by atoms with E-state index in [1.54, 1.807) is 14.2 Å². The number of rotatable bonds is 6. The maximum atomic E-state index is 5.34. The van der Waals surface area contributed by atoms with Gasteiger partial charge in [0.15, 0.2) is 0 Å². The molecule has 4 heteroatoms. The van der Waals surface area contributed by atoms with Gasteiger partial charge in [-0.1, -0.05) is 42.5 Å². The summed E-state index contributed by atoms with van der Waals surface area (Å²) in [5, 5.41) is 6.16. The average Bonchev–Trinajstić information content (AvgIpc) is 2.65. The van der Waals surface area contributed by atoms with Crippen LogP contribution >= 0.6 is 12.4 Å². The van der Waals surface area contributed by atoms with Crippen LogP contribution in [-0.2, 0) is 6.54 Å². The lowest BCUT2D eigenvalue weighted by Crippen LogP contribution is -2.18. The van der Waals surface area contributed by atoms with Crippen molar-refractivity contribution in [3.63, 3.8) is 0 Å². The monoisotopic (exact) mass is 357 g/mol. The van der Waals surface area contributed by atoms with E-state index in [0.717, 1.165) is 23.6 Å². The Hall–Kier alpha value is -2.23. The molecule has 0 radical (unpaired) electrons. The molecule has 132 valence electrons. The smallest absolute Gasteiger partial charge is 0.122 e. The second-order valence-corrected chi connectivity index (χ2v) is 5.89. The Kier molecular flexibility index (Phi) is 6.68. The van der Waals surface area contributed by atoms with Crippen LogP contribution in [0.4, 0.5) is 0 Å². The zero-order valence-corrected chi connectivity index (χ0v) is 15.6. The summed E-state index contributed by atoms with van der Waals surface area (Å²) in [5.41, 5.74) is 2.45. The van der Waals surface area contributed by atoms with Gasteiger partial charge in [0.05, 0.1) is 14.2 Å². The van der Waals surface area contributed by atoms with Crippen molar-refractivity contribution in [3.8, 4) is 11.5 Å². The minimum Gasteiger partial charge on any atom is -0.497 e. The van der Waals surface area contributed by atoms with Crippen molar-refractivity contribution in [1.82, 2.24) is 5.32 Å². The van der Waals surface area contributed by atoms with Crippen LogP contribution in [0.2, 0.25) is 0 Å². The third-order valence-electron chi connectivity index (χ3n) is 4.31. The molecule has 0 heterocycles. The van der Waals surface area contributed by atoms with E-state index in [-0.39, 0.29) is 18.4 Å². The highest BCUT2D eigenvalue weighted by Gasteiger charge is 2.09. The van der Waals surface area contributed by atoms with Crippen molar-refractivity contribution < 1.29 is 9.47 Å². The molecule has 1 unspecified atom stereocenters. The van der Waals surface area contributed by atoms with Crippen LogP contribution in [0.15, 0.2) is 60.7 Å². The number of ether oxygens (including phenoxy) is 2. The van der Waals surface area contributed by atoms with Gasteiger partial charge in [0.1, 0.15) is 11.5 Å². The van der Waals surface area contributed by atoms with Gasteiger partial charge >= 0.3 is 0 Å². The molecule has 0 aliphatic carbocycles. The third kappa shape index (κ3) is 4.44. The van der Waals surface area contributed by atoms with Gasteiger partial charge in [-0.15, -0.1) is 12.4 Å². The summed E-state index contributed by atoms with van der Waals surface area (Å²) < 4.78 is 10.7. The first kappa shape index (κ1) is 19.1. The van der Waals surface area contributed by atoms with Gasteiger partial charge in [0, 0.05) is 18.7 Å². The Labute approximate surface area is 155 Å². The molecule has 0 fully saturated rings. The lowest BCUT2D eigenvalue weighted by Gasteiger charge is -2.17. The molecule has 0 aliphatic rings. The molecule has 0 amide bonds. The average molecular weight is 358 g/mol. The summed E-state index contributed by atoms with van der Waals surface area (Å²) in [4.78, 5) is 0. The van der Waals surface area contributed by atoms with Crippen molar-refractivity contribution >= 4 is 23.2 Å². The molecule has 25 heavy (non-hydrogen) atoms. The molecule has 3 nitrogen and oxygen atoms in total. The maximum Gasteiger partial charge on any atom is 0.122 e. The van der Waals surface area contributed by atoms with Gasteiger partial charge in [0.25, 0.3) is 0 Å². The van der Waals surface area contributed by atoms with Crippen molar-refractivity contribution in [2.45, 2.75) is 19.5 Å². The van der Waals surface area contributed by atoms with E-state index >= 15 is 0 Å². The quantitative estimate of drug-likeness (QED) is 0.663. The van der Waals surface area contributed by atoms with Gasteiger partial charge in [-0.25, -0.2) is 0 Å². The molecule has 3 rings (SSSR count). The molecular weight excluding hydrogens is 334 g/mol. The normalized spacial score (nSPS) is 11.6. The molecule has 1 atom stereocenters. The second kappa shape index (κ2) is 8.75. The van der Waals surface area contributed by atoms with E-state index in [2.05, 4.69) is 54.7 Å². The second-order valence-electron chi connectivity index (χ2n) is 5.89. The van der Waals surface area contributed by atoms with Gasteiger partial charge < -0.3 is 14.8 Å². The highest BCUT2D eigenvalue weighted by molar-refractivity contribution is 5.86. The van der Waals surface area contributed by atoms with Crippen LogP contribution < -0.4 is 14.8 Å². The molecule has 0 saturated heterocycles. The van der Waals surface area contributed by atoms with Crippen LogP contribution in [0.1, 0.15) is 24.1 Å².